The van der Waals surface area contributed by atoms with E-state index in [1.807, 2.05) is 0 Å². The van der Waals surface area contributed by atoms with Crippen LogP contribution in [0.2, 0.25) is 0 Å². The van der Waals surface area contributed by atoms with Gasteiger partial charge >= 0.3 is 5.97 Å². The number of methoxy groups -OCH3 is 3. The SMILES string of the molecule is CCS(=O)(=O)N(CC(=O)OC)c1ccc(OC)cc1OC. The van der Waals surface area contributed by atoms with Crippen molar-refractivity contribution in [3.05, 3.63) is 18.2 Å². The maximum Gasteiger partial charge on any atom is 0.326 e. The first kappa shape index (κ1) is 17.1. The van der Waals surface area contributed by atoms with Crippen LogP contribution in [-0.2, 0) is 19.6 Å². The number of nitrogens with zero attached hydrogens (tertiary/aromatic N) is 1. The Balaban J connectivity index is 3.35. The zero-order valence-corrected chi connectivity index (χ0v) is 13.3. The van der Waals surface area contributed by atoms with Gasteiger partial charge in [-0.05, 0) is 19.1 Å². The third-order valence-corrected chi connectivity index (χ3v) is 4.58. The normalized spacial score (nSPS) is 10.9. The molecule has 118 valence electrons. The number of carbonyl (C=O) groups excluding carboxylic acids is 1. The molecule has 1 aromatic carbocycles. The Bertz CT molecular complexity index is 599. The lowest BCUT2D eigenvalue weighted by Crippen LogP contribution is -2.37. The van der Waals surface area contributed by atoms with Crippen molar-refractivity contribution in [2.45, 2.75) is 6.92 Å². The summed E-state index contributed by atoms with van der Waals surface area (Å²) in [6.45, 7) is 1.07. The molecule has 0 aromatic heterocycles. The molecule has 7 nitrogen and oxygen atoms in total. The highest BCUT2D eigenvalue weighted by Crippen LogP contribution is 2.33. The summed E-state index contributed by atoms with van der Waals surface area (Å²) in [6.07, 6.45) is 0. The topological polar surface area (TPSA) is 82.1 Å². The van der Waals surface area contributed by atoms with E-state index in [9.17, 15) is 13.2 Å². The van der Waals surface area contributed by atoms with Crippen molar-refractivity contribution in [1.29, 1.82) is 0 Å². The van der Waals surface area contributed by atoms with E-state index < -0.39 is 22.5 Å². The van der Waals surface area contributed by atoms with Crippen molar-refractivity contribution in [2.24, 2.45) is 0 Å². The molecule has 0 aliphatic heterocycles. The van der Waals surface area contributed by atoms with E-state index in [0.29, 0.717) is 5.75 Å². The molecule has 21 heavy (non-hydrogen) atoms. The third-order valence-electron chi connectivity index (χ3n) is 2.86. The van der Waals surface area contributed by atoms with Crippen LogP contribution in [0.3, 0.4) is 0 Å². The Morgan fingerprint density at radius 1 is 1.19 bits per heavy atom. The highest BCUT2D eigenvalue weighted by Gasteiger charge is 2.26. The molecule has 0 aliphatic rings. The van der Waals surface area contributed by atoms with Gasteiger partial charge in [-0.15, -0.1) is 0 Å². The molecule has 0 amide bonds. The number of benzene rings is 1. The largest absolute Gasteiger partial charge is 0.497 e. The van der Waals surface area contributed by atoms with Gasteiger partial charge in [-0.1, -0.05) is 0 Å². The average Bonchev–Trinajstić information content (AvgIpc) is 2.51. The highest BCUT2D eigenvalue weighted by atomic mass is 32.2. The van der Waals surface area contributed by atoms with Crippen LogP contribution in [0.4, 0.5) is 5.69 Å². The summed E-state index contributed by atoms with van der Waals surface area (Å²) >= 11 is 0. The summed E-state index contributed by atoms with van der Waals surface area (Å²) in [6, 6.07) is 4.66. The predicted molar refractivity (Wildman–Crippen MR) is 78.4 cm³/mol. The highest BCUT2D eigenvalue weighted by molar-refractivity contribution is 7.92. The Hall–Kier alpha value is -1.96. The number of hydrogen-bond acceptors (Lipinski definition) is 6. The van der Waals surface area contributed by atoms with E-state index in [2.05, 4.69) is 4.74 Å². The number of sulfonamides is 1. The lowest BCUT2D eigenvalue weighted by molar-refractivity contribution is -0.138. The van der Waals surface area contributed by atoms with Crippen LogP contribution in [0.1, 0.15) is 6.92 Å². The van der Waals surface area contributed by atoms with Gasteiger partial charge in [0.2, 0.25) is 10.0 Å². The van der Waals surface area contributed by atoms with E-state index in [4.69, 9.17) is 9.47 Å². The molecule has 0 fully saturated rings. The van der Waals surface area contributed by atoms with Crippen LogP contribution in [-0.4, -0.2) is 48.0 Å². The zero-order chi connectivity index (χ0) is 16.0. The van der Waals surface area contributed by atoms with E-state index >= 15 is 0 Å². The van der Waals surface area contributed by atoms with Gasteiger partial charge in [-0.25, -0.2) is 8.42 Å². The Morgan fingerprint density at radius 2 is 1.86 bits per heavy atom. The fourth-order valence-corrected chi connectivity index (χ4v) is 2.73. The lowest BCUT2D eigenvalue weighted by atomic mass is 10.2. The van der Waals surface area contributed by atoms with Crippen LogP contribution in [0.25, 0.3) is 0 Å². The molecular formula is C13H19NO6S. The molecule has 8 heteroatoms. The molecular weight excluding hydrogens is 298 g/mol. The minimum absolute atomic E-state index is 0.154. The summed E-state index contributed by atoms with van der Waals surface area (Å²) < 4.78 is 40.2. The van der Waals surface area contributed by atoms with Crippen molar-refractivity contribution < 1.29 is 27.4 Å². The lowest BCUT2D eigenvalue weighted by Gasteiger charge is -2.24. The van der Waals surface area contributed by atoms with Crippen molar-refractivity contribution >= 4 is 21.7 Å². The fraction of sp³-hybridized carbons (Fsp3) is 0.462. The van der Waals surface area contributed by atoms with Gasteiger partial charge < -0.3 is 14.2 Å². The van der Waals surface area contributed by atoms with Crippen LogP contribution in [0.15, 0.2) is 18.2 Å². The van der Waals surface area contributed by atoms with Gasteiger partial charge in [-0.2, -0.15) is 0 Å². The second-order valence-corrected chi connectivity index (χ2v) is 6.20. The van der Waals surface area contributed by atoms with Crippen molar-refractivity contribution in [3.63, 3.8) is 0 Å². The standard InChI is InChI=1S/C13H19NO6S/c1-5-21(16,17)14(9-13(15)20-4)11-7-6-10(18-2)8-12(11)19-3/h6-8H,5,9H2,1-4H3. The Morgan fingerprint density at radius 3 is 2.33 bits per heavy atom. The van der Waals surface area contributed by atoms with Crippen LogP contribution in [0, 0.1) is 0 Å². The van der Waals surface area contributed by atoms with Gasteiger partial charge in [0, 0.05) is 6.07 Å². The van der Waals surface area contributed by atoms with E-state index in [0.717, 1.165) is 4.31 Å². The summed E-state index contributed by atoms with van der Waals surface area (Å²) in [5.41, 5.74) is 0.255. The quantitative estimate of drug-likeness (QED) is 0.699. The predicted octanol–water partition coefficient (Wildman–Crippen LogP) is 1.03. The second-order valence-electron chi connectivity index (χ2n) is 4.02. The molecule has 0 radical (unpaired) electrons. The van der Waals surface area contributed by atoms with E-state index in [-0.39, 0.29) is 17.2 Å². The number of anilines is 1. The monoisotopic (exact) mass is 317 g/mol. The number of hydrogen-bond donors (Lipinski definition) is 0. The van der Waals surface area contributed by atoms with Crippen LogP contribution >= 0.6 is 0 Å². The van der Waals surface area contributed by atoms with Gasteiger partial charge in [0.15, 0.2) is 0 Å². The molecule has 0 bridgehead atoms. The zero-order valence-electron chi connectivity index (χ0n) is 12.5. The molecule has 0 heterocycles. The van der Waals surface area contributed by atoms with Gasteiger partial charge in [0.25, 0.3) is 0 Å². The van der Waals surface area contributed by atoms with E-state index in [1.54, 1.807) is 12.1 Å². The average molecular weight is 317 g/mol. The molecule has 0 spiro atoms. The van der Waals surface area contributed by atoms with Gasteiger partial charge in [0.05, 0.1) is 32.8 Å². The molecule has 0 unspecified atom stereocenters. The Kier molecular flexibility index (Phi) is 5.83. The van der Waals surface area contributed by atoms with Gasteiger partial charge in [0.1, 0.15) is 18.0 Å². The maximum absolute atomic E-state index is 12.2. The first-order valence-corrected chi connectivity index (χ1v) is 7.79. The smallest absolute Gasteiger partial charge is 0.326 e. The molecule has 0 saturated carbocycles. The molecule has 0 saturated heterocycles. The summed E-state index contributed by atoms with van der Waals surface area (Å²) in [4.78, 5) is 11.5. The summed E-state index contributed by atoms with van der Waals surface area (Å²) in [5.74, 6) is -0.0122. The first-order valence-electron chi connectivity index (χ1n) is 6.18. The second kappa shape index (κ2) is 7.16. The first-order chi connectivity index (χ1) is 9.89. The fourth-order valence-electron chi connectivity index (χ4n) is 1.66. The number of carbonyl (C=O) groups is 1. The molecule has 1 rings (SSSR count). The number of esters is 1. The van der Waals surface area contributed by atoms with Crippen LogP contribution < -0.4 is 13.8 Å². The van der Waals surface area contributed by atoms with Crippen molar-refractivity contribution in [1.82, 2.24) is 0 Å². The minimum Gasteiger partial charge on any atom is -0.497 e. The number of ether oxygens (including phenoxy) is 3. The van der Waals surface area contributed by atoms with E-state index in [1.165, 1.54) is 34.3 Å². The van der Waals surface area contributed by atoms with Gasteiger partial charge in [-0.3, -0.25) is 9.10 Å². The minimum atomic E-state index is -3.66. The molecule has 0 atom stereocenters. The third kappa shape index (κ3) is 4.01. The van der Waals surface area contributed by atoms with Crippen molar-refractivity contribution in [2.75, 3.05) is 37.9 Å². The summed E-state index contributed by atoms with van der Waals surface area (Å²) in [7, 11) is 0.439. The number of rotatable bonds is 7. The molecule has 1 aromatic rings. The van der Waals surface area contributed by atoms with Crippen molar-refractivity contribution in [3.8, 4) is 11.5 Å². The molecule has 0 aliphatic carbocycles. The maximum atomic E-state index is 12.2. The van der Waals surface area contributed by atoms with Crippen LogP contribution in [0.5, 0.6) is 11.5 Å². The molecule has 0 N–H and O–H groups in total. The Labute approximate surface area is 124 Å². The summed E-state index contributed by atoms with van der Waals surface area (Å²) in [5, 5.41) is 0.